The van der Waals surface area contributed by atoms with Crippen molar-refractivity contribution in [2.75, 3.05) is 26.7 Å². The fourth-order valence-electron chi connectivity index (χ4n) is 3.49. The first-order valence-corrected chi connectivity index (χ1v) is 10.8. The van der Waals surface area contributed by atoms with Crippen molar-refractivity contribution in [2.45, 2.75) is 32.0 Å². The fourth-order valence-corrected chi connectivity index (χ4v) is 4.51. The lowest BCUT2D eigenvalue weighted by Crippen LogP contribution is -2.52. The van der Waals surface area contributed by atoms with Gasteiger partial charge in [-0.05, 0) is 25.7 Å². The number of carbonyl (C=O) groups excluding carboxylic acids is 2. The summed E-state index contributed by atoms with van der Waals surface area (Å²) < 4.78 is 51.4. The van der Waals surface area contributed by atoms with Gasteiger partial charge in [-0.1, -0.05) is 0 Å². The second-order valence-electron chi connectivity index (χ2n) is 7.92. The van der Waals surface area contributed by atoms with Gasteiger partial charge in [0.05, 0.1) is 28.0 Å². The van der Waals surface area contributed by atoms with Crippen molar-refractivity contribution in [1.29, 1.82) is 0 Å². The van der Waals surface area contributed by atoms with E-state index in [1.165, 1.54) is 12.4 Å². The van der Waals surface area contributed by atoms with Crippen LogP contribution in [0.2, 0.25) is 0 Å². The lowest BCUT2D eigenvalue weighted by molar-refractivity contribution is -0.136. The predicted molar refractivity (Wildman–Crippen MR) is 107 cm³/mol. The van der Waals surface area contributed by atoms with Crippen LogP contribution in [0.3, 0.4) is 0 Å². The van der Waals surface area contributed by atoms with Gasteiger partial charge in [-0.15, -0.1) is 11.3 Å². The van der Waals surface area contributed by atoms with Gasteiger partial charge in [-0.2, -0.15) is 13.2 Å². The number of thiophene rings is 1. The topological polar surface area (TPSA) is 80.8 Å². The van der Waals surface area contributed by atoms with Crippen molar-refractivity contribution < 1.29 is 32.2 Å². The number of likely N-dealkylation sites (tertiary alicyclic amines) is 1. The molecule has 4 rings (SSSR count). The van der Waals surface area contributed by atoms with Crippen LogP contribution in [-0.4, -0.2) is 54.7 Å². The van der Waals surface area contributed by atoms with Crippen molar-refractivity contribution in [3.63, 3.8) is 0 Å². The number of rotatable bonds is 6. The molecule has 2 aromatic rings. The molecule has 168 valence electrons. The van der Waals surface area contributed by atoms with E-state index >= 15 is 0 Å². The van der Waals surface area contributed by atoms with Crippen LogP contribution in [0.4, 0.5) is 18.0 Å². The Morgan fingerprint density at radius 1 is 1.35 bits per heavy atom. The van der Waals surface area contributed by atoms with E-state index in [4.69, 9.17) is 9.47 Å². The third-order valence-corrected chi connectivity index (χ3v) is 6.53. The summed E-state index contributed by atoms with van der Waals surface area (Å²) in [4.78, 5) is 29.8. The minimum Gasteiger partial charge on any atom is -0.477 e. The third kappa shape index (κ3) is 4.56. The highest BCUT2D eigenvalue weighted by Crippen LogP contribution is 2.40. The molecule has 3 heterocycles. The summed E-state index contributed by atoms with van der Waals surface area (Å²) >= 11 is 0.818. The van der Waals surface area contributed by atoms with Gasteiger partial charge in [0.1, 0.15) is 6.10 Å². The van der Waals surface area contributed by atoms with E-state index < -0.39 is 17.6 Å². The molecule has 2 aromatic heterocycles. The van der Waals surface area contributed by atoms with Crippen molar-refractivity contribution in [1.82, 2.24) is 15.2 Å². The van der Waals surface area contributed by atoms with Crippen LogP contribution >= 0.6 is 11.3 Å². The van der Waals surface area contributed by atoms with E-state index in [-0.39, 0.29) is 46.4 Å². The number of aromatic nitrogens is 1. The molecule has 1 atom stereocenters. The zero-order chi connectivity index (χ0) is 22.3. The van der Waals surface area contributed by atoms with E-state index in [9.17, 15) is 22.8 Å². The van der Waals surface area contributed by atoms with E-state index in [0.29, 0.717) is 19.0 Å². The summed E-state index contributed by atoms with van der Waals surface area (Å²) in [5.41, 5.74) is -0.858. The van der Waals surface area contributed by atoms with Gasteiger partial charge in [-0.25, -0.2) is 9.78 Å². The highest BCUT2D eigenvalue weighted by atomic mass is 32.1. The Labute approximate surface area is 180 Å². The Morgan fingerprint density at radius 3 is 2.68 bits per heavy atom. The first kappa shape index (κ1) is 21.7. The number of fused-ring (bicyclic) bond motifs is 1. The number of amides is 2. The molecule has 0 spiro atoms. The summed E-state index contributed by atoms with van der Waals surface area (Å²) in [7, 11) is 1.40. The molecule has 1 N–H and O–H groups in total. The Morgan fingerprint density at radius 2 is 2.06 bits per heavy atom. The molecular weight excluding hydrogens is 435 g/mol. The maximum Gasteiger partial charge on any atom is 0.418 e. The molecule has 1 aliphatic carbocycles. The molecule has 2 aliphatic rings. The normalized spacial score (nSPS) is 17.9. The Hall–Kier alpha value is -2.56. The van der Waals surface area contributed by atoms with Gasteiger partial charge in [0.2, 0.25) is 5.88 Å². The first-order chi connectivity index (χ1) is 14.7. The fraction of sp³-hybridized carbons (Fsp3) is 0.550. The van der Waals surface area contributed by atoms with Crippen LogP contribution in [0.25, 0.3) is 10.2 Å². The van der Waals surface area contributed by atoms with Crippen LogP contribution in [0.15, 0.2) is 11.4 Å². The molecule has 31 heavy (non-hydrogen) atoms. The average Bonchev–Trinajstić information content (AvgIpc) is 3.44. The molecule has 11 heteroatoms. The zero-order valence-corrected chi connectivity index (χ0v) is 17.8. The first-order valence-electron chi connectivity index (χ1n) is 9.97. The van der Waals surface area contributed by atoms with Gasteiger partial charge in [0, 0.05) is 37.5 Å². The molecule has 7 nitrogen and oxygen atoms in total. The number of pyridine rings is 1. The molecule has 1 aliphatic heterocycles. The maximum absolute atomic E-state index is 13.5. The molecule has 0 radical (unpaired) electrons. The SMILES string of the molecule is CNC(=O)c1csc2c(C(F)(F)F)cc(OCC3CN(C(=O)O[C@@H](C)C4CC4)C3)nc12. The van der Waals surface area contributed by atoms with Crippen molar-refractivity contribution in [2.24, 2.45) is 11.8 Å². The van der Waals surface area contributed by atoms with E-state index in [0.717, 1.165) is 30.2 Å². The lowest BCUT2D eigenvalue weighted by atomic mass is 10.0. The number of carbonyl (C=O) groups is 2. The largest absolute Gasteiger partial charge is 0.477 e. The molecular formula is C20H22F3N3O4S. The molecule has 0 bridgehead atoms. The minimum absolute atomic E-state index is 0.0310. The second kappa shape index (κ2) is 8.18. The monoisotopic (exact) mass is 457 g/mol. The summed E-state index contributed by atoms with van der Waals surface area (Å²) in [6.07, 6.45) is -2.93. The molecule has 1 saturated carbocycles. The third-order valence-electron chi connectivity index (χ3n) is 5.53. The predicted octanol–water partition coefficient (Wildman–Crippen LogP) is 3.92. The number of hydrogen-bond acceptors (Lipinski definition) is 6. The van der Waals surface area contributed by atoms with E-state index in [1.807, 2.05) is 6.92 Å². The van der Waals surface area contributed by atoms with Crippen LogP contribution in [0, 0.1) is 11.8 Å². The summed E-state index contributed by atoms with van der Waals surface area (Å²) in [5, 5.41) is 3.76. The molecule has 2 fully saturated rings. The second-order valence-corrected chi connectivity index (χ2v) is 8.80. The van der Waals surface area contributed by atoms with Gasteiger partial charge in [-0.3, -0.25) is 4.79 Å². The van der Waals surface area contributed by atoms with E-state index in [1.54, 1.807) is 4.90 Å². The lowest BCUT2D eigenvalue weighted by Gasteiger charge is -2.38. The quantitative estimate of drug-likeness (QED) is 0.711. The van der Waals surface area contributed by atoms with Crippen LogP contribution < -0.4 is 10.1 Å². The highest BCUT2D eigenvalue weighted by Gasteiger charge is 2.38. The van der Waals surface area contributed by atoms with Gasteiger partial charge < -0.3 is 19.7 Å². The molecule has 0 unspecified atom stereocenters. The van der Waals surface area contributed by atoms with Crippen LogP contribution in [-0.2, 0) is 10.9 Å². The average molecular weight is 457 g/mol. The molecule has 0 aromatic carbocycles. The zero-order valence-electron chi connectivity index (χ0n) is 17.0. The van der Waals surface area contributed by atoms with E-state index in [2.05, 4.69) is 10.3 Å². The van der Waals surface area contributed by atoms with Crippen molar-refractivity contribution in [3.8, 4) is 5.88 Å². The number of nitrogens with zero attached hydrogens (tertiary/aromatic N) is 2. The Bertz CT molecular complexity index is 999. The Balaban J connectivity index is 1.41. The number of halogens is 3. The minimum atomic E-state index is -4.61. The van der Waals surface area contributed by atoms with Gasteiger partial charge >= 0.3 is 12.3 Å². The smallest absolute Gasteiger partial charge is 0.418 e. The van der Waals surface area contributed by atoms with Crippen LogP contribution in [0.5, 0.6) is 5.88 Å². The number of alkyl halides is 3. The number of hydrogen-bond donors (Lipinski definition) is 1. The molecule has 1 saturated heterocycles. The maximum atomic E-state index is 13.5. The number of nitrogens with one attached hydrogen (secondary N) is 1. The Kier molecular flexibility index (Phi) is 5.71. The van der Waals surface area contributed by atoms with Crippen molar-refractivity contribution in [3.05, 3.63) is 22.6 Å². The molecule has 2 amide bonds. The standard InChI is InChI=1S/C20H22F3N3O4S/c1-10(12-3-4-12)30-19(28)26-6-11(7-26)8-29-15-5-14(20(21,22)23)17-16(25-15)13(9-31-17)18(27)24-2/h5,9-12H,3-4,6-8H2,1-2H3,(H,24,27)/t10-/m0/s1. The van der Waals surface area contributed by atoms with Crippen molar-refractivity contribution >= 4 is 33.6 Å². The summed E-state index contributed by atoms with van der Waals surface area (Å²) in [6.45, 7) is 2.81. The summed E-state index contributed by atoms with van der Waals surface area (Å²) in [5.74, 6) is -0.300. The van der Waals surface area contributed by atoms with Crippen LogP contribution in [0.1, 0.15) is 35.7 Å². The van der Waals surface area contributed by atoms with Gasteiger partial charge in [0.25, 0.3) is 5.91 Å². The summed E-state index contributed by atoms with van der Waals surface area (Å²) in [6, 6.07) is 0.856. The van der Waals surface area contributed by atoms with Gasteiger partial charge in [0.15, 0.2) is 0 Å². The highest BCUT2D eigenvalue weighted by molar-refractivity contribution is 7.17. The number of ether oxygens (including phenoxy) is 2.